The zero-order chi connectivity index (χ0) is 21.9. The molecule has 1 aliphatic heterocycles. The van der Waals surface area contributed by atoms with Gasteiger partial charge in [0.2, 0.25) is 16.9 Å². The third-order valence-electron chi connectivity index (χ3n) is 4.87. The van der Waals surface area contributed by atoms with Gasteiger partial charge < -0.3 is 0 Å². The topological polar surface area (TPSA) is 71.5 Å². The van der Waals surface area contributed by atoms with Crippen molar-refractivity contribution in [3.63, 3.8) is 0 Å². The highest BCUT2D eigenvalue weighted by molar-refractivity contribution is 8.14. The number of Topliss-reactive ketones (excluding diaryl/α,β-unsaturated/α-hetero) is 1. The fourth-order valence-electron chi connectivity index (χ4n) is 3.50. The van der Waals surface area contributed by atoms with Crippen LogP contribution >= 0.6 is 11.8 Å². The third-order valence-corrected chi connectivity index (χ3v) is 5.93. The standard InChI is InChI=1S/C24H25NO4S/c1-24(2,3)30-23(29)20(21(27)17-12-8-5-9-13-17)18-14-19(26)25(22(18)28)15-16-10-6-4-7-11-16/h4-13,18,20H,14-15H2,1-3H3/t18-,20?/m1/s1. The van der Waals surface area contributed by atoms with E-state index in [0.29, 0.717) is 5.56 Å². The van der Waals surface area contributed by atoms with Gasteiger partial charge in [0.15, 0.2) is 5.78 Å². The maximum absolute atomic E-state index is 13.3. The molecule has 30 heavy (non-hydrogen) atoms. The summed E-state index contributed by atoms with van der Waals surface area (Å²) in [6.07, 6.45) is -0.134. The molecule has 1 heterocycles. The molecular weight excluding hydrogens is 398 g/mol. The highest BCUT2D eigenvalue weighted by Gasteiger charge is 2.48. The first-order valence-electron chi connectivity index (χ1n) is 9.87. The summed E-state index contributed by atoms with van der Waals surface area (Å²) >= 11 is 1.04. The van der Waals surface area contributed by atoms with Crippen LogP contribution in [0.1, 0.15) is 43.1 Å². The molecule has 156 valence electrons. The number of imide groups is 1. The fraction of sp³-hybridized carbons (Fsp3) is 0.333. The number of ketones is 1. The Balaban J connectivity index is 1.91. The van der Waals surface area contributed by atoms with E-state index in [1.807, 2.05) is 51.1 Å². The van der Waals surface area contributed by atoms with E-state index >= 15 is 0 Å². The fourth-order valence-corrected chi connectivity index (χ4v) is 4.50. The molecule has 2 amide bonds. The number of rotatable bonds is 6. The summed E-state index contributed by atoms with van der Waals surface area (Å²) in [6.45, 7) is 5.77. The Morgan fingerprint density at radius 1 is 1.00 bits per heavy atom. The lowest BCUT2D eigenvalue weighted by Gasteiger charge is -2.24. The maximum atomic E-state index is 13.3. The average molecular weight is 424 g/mol. The number of carbonyl (C=O) groups is 4. The van der Waals surface area contributed by atoms with E-state index in [4.69, 9.17) is 0 Å². The van der Waals surface area contributed by atoms with Crippen LogP contribution in [0.25, 0.3) is 0 Å². The average Bonchev–Trinajstić information content (AvgIpc) is 2.96. The summed E-state index contributed by atoms with van der Waals surface area (Å²) in [5, 5.41) is -0.371. The van der Waals surface area contributed by atoms with Crippen LogP contribution in [0, 0.1) is 11.8 Å². The van der Waals surface area contributed by atoms with Crippen molar-refractivity contribution in [2.45, 2.75) is 38.5 Å². The lowest BCUT2D eigenvalue weighted by atomic mass is 9.85. The summed E-state index contributed by atoms with van der Waals surface area (Å²) in [5.41, 5.74) is 1.19. The van der Waals surface area contributed by atoms with Crippen molar-refractivity contribution in [3.8, 4) is 0 Å². The van der Waals surface area contributed by atoms with Crippen LogP contribution < -0.4 is 0 Å². The van der Waals surface area contributed by atoms with Gasteiger partial charge in [-0.3, -0.25) is 24.1 Å². The highest BCUT2D eigenvalue weighted by Crippen LogP contribution is 2.36. The molecule has 0 aromatic heterocycles. The van der Waals surface area contributed by atoms with Gasteiger partial charge in [0.1, 0.15) is 5.92 Å². The minimum absolute atomic E-state index is 0.134. The predicted octanol–water partition coefficient (Wildman–Crippen LogP) is 4.12. The number of hydrogen-bond donors (Lipinski definition) is 0. The van der Waals surface area contributed by atoms with Gasteiger partial charge in [0.25, 0.3) is 0 Å². The van der Waals surface area contributed by atoms with Crippen molar-refractivity contribution in [3.05, 3.63) is 71.8 Å². The van der Waals surface area contributed by atoms with Crippen molar-refractivity contribution in [2.75, 3.05) is 0 Å². The van der Waals surface area contributed by atoms with E-state index in [0.717, 1.165) is 17.3 Å². The quantitative estimate of drug-likeness (QED) is 0.397. The van der Waals surface area contributed by atoms with Crippen LogP contribution in [0.5, 0.6) is 0 Å². The minimum Gasteiger partial charge on any atom is -0.293 e. The zero-order valence-corrected chi connectivity index (χ0v) is 18.1. The first-order valence-corrected chi connectivity index (χ1v) is 10.7. The molecule has 1 unspecified atom stereocenters. The third kappa shape index (κ3) is 5.05. The number of carbonyl (C=O) groups excluding carboxylic acids is 4. The molecule has 0 radical (unpaired) electrons. The Morgan fingerprint density at radius 3 is 2.13 bits per heavy atom. The molecule has 2 atom stereocenters. The molecule has 1 fully saturated rings. The number of hydrogen-bond acceptors (Lipinski definition) is 5. The lowest BCUT2D eigenvalue weighted by Crippen LogP contribution is -2.37. The van der Waals surface area contributed by atoms with Crippen molar-refractivity contribution < 1.29 is 19.2 Å². The predicted molar refractivity (Wildman–Crippen MR) is 117 cm³/mol. The number of benzene rings is 2. The van der Waals surface area contributed by atoms with E-state index < -0.39 is 28.3 Å². The molecular formula is C24H25NO4S. The second kappa shape index (κ2) is 8.96. The van der Waals surface area contributed by atoms with E-state index in [2.05, 4.69) is 0 Å². The molecule has 1 aliphatic rings. The molecule has 0 spiro atoms. The van der Waals surface area contributed by atoms with E-state index in [9.17, 15) is 19.2 Å². The van der Waals surface area contributed by atoms with E-state index in [1.165, 1.54) is 4.90 Å². The zero-order valence-electron chi connectivity index (χ0n) is 17.3. The minimum atomic E-state index is -1.19. The van der Waals surface area contributed by atoms with Gasteiger partial charge in [0, 0.05) is 16.7 Å². The molecule has 6 heteroatoms. The van der Waals surface area contributed by atoms with Gasteiger partial charge in [-0.15, -0.1) is 0 Å². The first-order chi connectivity index (χ1) is 14.2. The molecule has 0 saturated carbocycles. The second-order valence-corrected chi connectivity index (χ2v) is 10.2. The maximum Gasteiger partial charge on any atom is 0.234 e. The molecule has 3 rings (SSSR count). The van der Waals surface area contributed by atoms with Gasteiger partial charge in [0.05, 0.1) is 12.5 Å². The monoisotopic (exact) mass is 423 g/mol. The van der Waals surface area contributed by atoms with Gasteiger partial charge in [-0.2, -0.15) is 0 Å². The van der Waals surface area contributed by atoms with Crippen LogP contribution in [-0.4, -0.2) is 32.4 Å². The van der Waals surface area contributed by atoms with E-state index in [1.54, 1.807) is 30.3 Å². The lowest BCUT2D eigenvalue weighted by molar-refractivity contribution is -0.141. The summed E-state index contributed by atoms with van der Waals surface area (Å²) < 4.78 is -0.415. The van der Waals surface area contributed by atoms with Gasteiger partial charge in [-0.25, -0.2) is 0 Å². The van der Waals surface area contributed by atoms with Crippen molar-refractivity contribution in [1.29, 1.82) is 0 Å². The van der Waals surface area contributed by atoms with Gasteiger partial charge >= 0.3 is 0 Å². The normalized spacial score (nSPS) is 17.8. The molecule has 5 nitrogen and oxygen atoms in total. The Hall–Kier alpha value is -2.73. The molecule has 0 aliphatic carbocycles. The Kier molecular flexibility index (Phi) is 6.56. The van der Waals surface area contributed by atoms with Crippen LogP contribution in [0.4, 0.5) is 0 Å². The number of thioether (sulfide) groups is 1. The number of amides is 2. The van der Waals surface area contributed by atoms with Crippen LogP contribution in [0.3, 0.4) is 0 Å². The van der Waals surface area contributed by atoms with Gasteiger partial charge in [-0.1, -0.05) is 93.2 Å². The van der Waals surface area contributed by atoms with Crippen LogP contribution in [0.2, 0.25) is 0 Å². The second-order valence-electron chi connectivity index (χ2n) is 8.36. The summed E-state index contributed by atoms with van der Waals surface area (Å²) in [4.78, 5) is 53.4. The SMILES string of the molecule is CC(C)(C)SC(=O)C(C(=O)c1ccccc1)[C@H]1CC(=O)N(Cc2ccccc2)C1=O. The Morgan fingerprint density at radius 2 is 1.57 bits per heavy atom. The van der Waals surface area contributed by atoms with Crippen LogP contribution in [-0.2, 0) is 20.9 Å². The molecule has 2 aromatic carbocycles. The Labute approximate surface area is 180 Å². The molecule has 0 N–H and O–H groups in total. The number of nitrogens with zero attached hydrogens (tertiary/aromatic N) is 1. The Bertz CT molecular complexity index is 950. The van der Waals surface area contributed by atoms with Crippen LogP contribution in [0.15, 0.2) is 60.7 Å². The highest BCUT2D eigenvalue weighted by atomic mass is 32.2. The smallest absolute Gasteiger partial charge is 0.234 e. The summed E-state index contributed by atoms with van der Waals surface area (Å²) in [5.74, 6) is -3.38. The molecule has 2 aromatic rings. The number of likely N-dealkylation sites (tertiary alicyclic amines) is 1. The first kappa shape index (κ1) is 22.0. The summed E-state index contributed by atoms with van der Waals surface area (Å²) in [6, 6.07) is 17.7. The van der Waals surface area contributed by atoms with E-state index in [-0.39, 0.29) is 24.0 Å². The van der Waals surface area contributed by atoms with Gasteiger partial charge in [-0.05, 0) is 5.56 Å². The molecule has 1 saturated heterocycles. The summed E-state index contributed by atoms with van der Waals surface area (Å²) in [7, 11) is 0. The van der Waals surface area contributed by atoms with Crippen molar-refractivity contribution in [1.82, 2.24) is 4.90 Å². The molecule has 0 bridgehead atoms. The van der Waals surface area contributed by atoms with Crippen molar-refractivity contribution in [2.24, 2.45) is 11.8 Å². The largest absolute Gasteiger partial charge is 0.293 e. The van der Waals surface area contributed by atoms with Crippen molar-refractivity contribution >= 4 is 34.5 Å².